The lowest BCUT2D eigenvalue weighted by Crippen LogP contribution is -2.29. The van der Waals surface area contributed by atoms with Gasteiger partial charge in [0, 0.05) is 19.5 Å². The smallest absolute Gasteiger partial charge is 0.257 e. The number of imidazole rings is 1. The molecule has 0 saturated heterocycles. The Bertz CT molecular complexity index is 1350. The van der Waals surface area contributed by atoms with Crippen molar-refractivity contribution >= 4 is 16.9 Å². The molecule has 0 fully saturated rings. The number of ether oxygens (including phenoxy) is 2. The van der Waals surface area contributed by atoms with Gasteiger partial charge < -0.3 is 19.4 Å². The Hall–Kier alpha value is -3.80. The first kappa shape index (κ1) is 27.2. The second-order valence-electron chi connectivity index (χ2n) is 9.91. The number of hydrogen-bond acceptors (Lipinski definition) is 4. The van der Waals surface area contributed by atoms with Crippen molar-refractivity contribution in [2.75, 3.05) is 19.8 Å². The molecule has 0 bridgehead atoms. The fraction of sp³-hybridized carbons (Fsp3) is 0.375. The number of aromatic nitrogens is 2. The number of fused-ring (bicyclic) bond motifs is 1. The molecular formula is C32H39N3O3. The molecule has 0 aliphatic heterocycles. The Balaban J connectivity index is 1.19. The van der Waals surface area contributed by atoms with Gasteiger partial charge in [-0.3, -0.25) is 4.79 Å². The summed E-state index contributed by atoms with van der Waals surface area (Å²) in [6, 6.07) is 22.5. The molecule has 4 rings (SSSR count). The van der Waals surface area contributed by atoms with E-state index in [1.54, 1.807) is 0 Å². The first-order chi connectivity index (χ1) is 18.5. The summed E-state index contributed by atoms with van der Waals surface area (Å²) in [6.07, 6.45) is 4.81. The molecule has 0 atom stereocenters. The molecule has 0 aliphatic carbocycles. The van der Waals surface area contributed by atoms with Crippen LogP contribution in [-0.2, 0) is 17.8 Å². The summed E-state index contributed by atoms with van der Waals surface area (Å²) < 4.78 is 14.0. The number of para-hydroxylation sites is 2. The summed E-state index contributed by atoms with van der Waals surface area (Å²) in [5.74, 6) is 2.72. The molecule has 200 valence electrons. The van der Waals surface area contributed by atoms with E-state index in [1.807, 2.05) is 50.2 Å². The van der Waals surface area contributed by atoms with Gasteiger partial charge in [-0.15, -0.1) is 0 Å². The lowest BCUT2D eigenvalue weighted by molar-refractivity contribution is -0.123. The van der Waals surface area contributed by atoms with Crippen LogP contribution in [0.4, 0.5) is 0 Å². The second-order valence-corrected chi connectivity index (χ2v) is 9.91. The van der Waals surface area contributed by atoms with Crippen LogP contribution in [0.3, 0.4) is 0 Å². The number of carbonyl (C=O) groups excluding carboxylic acids is 1. The van der Waals surface area contributed by atoms with Crippen molar-refractivity contribution in [1.82, 2.24) is 14.9 Å². The van der Waals surface area contributed by atoms with Gasteiger partial charge in [-0.05, 0) is 87.1 Å². The third-order valence-electron chi connectivity index (χ3n) is 6.62. The summed E-state index contributed by atoms with van der Waals surface area (Å²) in [5.41, 5.74) is 5.58. The summed E-state index contributed by atoms with van der Waals surface area (Å²) in [6.45, 7) is 8.32. The highest BCUT2D eigenvalue weighted by Gasteiger charge is 2.10. The summed E-state index contributed by atoms with van der Waals surface area (Å²) in [4.78, 5) is 17.1. The van der Waals surface area contributed by atoms with Crippen molar-refractivity contribution in [3.8, 4) is 11.5 Å². The maximum Gasteiger partial charge on any atom is 0.257 e. The first-order valence-corrected chi connectivity index (χ1v) is 13.6. The number of aryl methyl sites for hydroxylation is 5. The van der Waals surface area contributed by atoms with E-state index < -0.39 is 0 Å². The van der Waals surface area contributed by atoms with Gasteiger partial charge in [-0.25, -0.2) is 4.98 Å². The average Bonchev–Trinajstić information content (AvgIpc) is 3.26. The number of amides is 1. The molecular weight excluding hydrogens is 474 g/mol. The van der Waals surface area contributed by atoms with E-state index in [0.717, 1.165) is 72.6 Å². The van der Waals surface area contributed by atoms with Gasteiger partial charge in [0.2, 0.25) is 0 Å². The summed E-state index contributed by atoms with van der Waals surface area (Å²) >= 11 is 0. The predicted octanol–water partition coefficient (Wildman–Crippen LogP) is 6.34. The van der Waals surface area contributed by atoms with Crippen molar-refractivity contribution in [2.45, 2.75) is 59.4 Å². The Kier molecular flexibility index (Phi) is 9.79. The van der Waals surface area contributed by atoms with Crippen LogP contribution < -0.4 is 14.8 Å². The zero-order valence-electron chi connectivity index (χ0n) is 22.8. The van der Waals surface area contributed by atoms with Crippen LogP contribution >= 0.6 is 0 Å². The maximum absolute atomic E-state index is 12.2. The Labute approximate surface area is 226 Å². The topological polar surface area (TPSA) is 65.4 Å². The highest BCUT2D eigenvalue weighted by molar-refractivity contribution is 5.77. The van der Waals surface area contributed by atoms with E-state index in [-0.39, 0.29) is 12.5 Å². The molecule has 4 aromatic rings. The van der Waals surface area contributed by atoms with Crippen LogP contribution in [0.5, 0.6) is 11.5 Å². The van der Waals surface area contributed by atoms with Gasteiger partial charge in [0.1, 0.15) is 17.3 Å². The van der Waals surface area contributed by atoms with Gasteiger partial charge >= 0.3 is 0 Å². The Morgan fingerprint density at radius 3 is 2.58 bits per heavy atom. The zero-order valence-corrected chi connectivity index (χ0v) is 22.8. The maximum atomic E-state index is 12.2. The lowest BCUT2D eigenvalue weighted by atomic mass is 10.1. The monoisotopic (exact) mass is 513 g/mol. The molecule has 0 saturated carbocycles. The van der Waals surface area contributed by atoms with Crippen molar-refractivity contribution in [3.05, 3.63) is 89.2 Å². The fourth-order valence-electron chi connectivity index (χ4n) is 4.55. The molecule has 1 amide bonds. The molecule has 0 spiro atoms. The molecule has 0 unspecified atom stereocenters. The number of rotatable bonds is 14. The summed E-state index contributed by atoms with van der Waals surface area (Å²) in [5, 5.41) is 2.97. The molecule has 0 radical (unpaired) electrons. The van der Waals surface area contributed by atoms with Crippen LogP contribution in [0.1, 0.15) is 48.2 Å². The molecule has 1 aromatic heterocycles. The number of nitrogens with one attached hydrogen (secondary N) is 1. The van der Waals surface area contributed by atoms with Gasteiger partial charge in [0.15, 0.2) is 6.61 Å². The minimum atomic E-state index is -0.0828. The van der Waals surface area contributed by atoms with Crippen LogP contribution in [-0.4, -0.2) is 35.2 Å². The molecule has 6 heteroatoms. The van der Waals surface area contributed by atoms with Crippen LogP contribution in [0, 0.1) is 20.8 Å². The standard InChI is InChI=1S/C32H39N3O3/c1-24-11-9-12-27(21-24)37-20-10-19-35-29-14-7-6-13-28(29)34-31(35)15-5-4-8-18-33-32(36)23-38-30-22-25(2)16-17-26(30)3/h6-7,9,11-14,16-17,21-22H,4-5,8,10,15,18-20,23H2,1-3H3,(H,33,36). The number of carbonyl (C=O) groups is 1. The molecule has 1 N–H and O–H groups in total. The van der Waals surface area contributed by atoms with Crippen molar-refractivity contribution in [2.24, 2.45) is 0 Å². The van der Waals surface area contributed by atoms with Gasteiger partial charge in [-0.1, -0.05) is 42.8 Å². The van der Waals surface area contributed by atoms with Crippen molar-refractivity contribution < 1.29 is 14.3 Å². The average molecular weight is 514 g/mol. The van der Waals surface area contributed by atoms with Crippen LogP contribution in [0.25, 0.3) is 11.0 Å². The van der Waals surface area contributed by atoms with Crippen molar-refractivity contribution in [1.29, 1.82) is 0 Å². The fourth-order valence-corrected chi connectivity index (χ4v) is 4.55. The number of benzene rings is 3. The van der Waals surface area contributed by atoms with E-state index in [0.29, 0.717) is 13.2 Å². The Morgan fingerprint density at radius 2 is 1.71 bits per heavy atom. The Morgan fingerprint density at radius 1 is 0.868 bits per heavy atom. The largest absolute Gasteiger partial charge is 0.494 e. The lowest BCUT2D eigenvalue weighted by Gasteiger charge is -2.11. The zero-order chi connectivity index (χ0) is 26.7. The van der Waals surface area contributed by atoms with E-state index in [4.69, 9.17) is 14.5 Å². The van der Waals surface area contributed by atoms with E-state index in [2.05, 4.69) is 47.1 Å². The number of nitrogens with zero attached hydrogens (tertiary/aromatic N) is 2. The third-order valence-corrected chi connectivity index (χ3v) is 6.62. The van der Waals surface area contributed by atoms with E-state index >= 15 is 0 Å². The first-order valence-electron chi connectivity index (χ1n) is 13.6. The van der Waals surface area contributed by atoms with Crippen molar-refractivity contribution in [3.63, 3.8) is 0 Å². The van der Waals surface area contributed by atoms with Crippen LogP contribution in [0.2, 0.25) is 0 Å². The SMILES string of the molecule is Cc1cccc(OCCCn2c(CCCCCNC(=O)COc3cc(C)ccc3C)nc3ccccc32)c1. The highest BCUT2D eigenvalue weighted by atomic mass is 16.5. The highest BCUT2D eigenvalue weighted by Crippen LogP contribution is 2.20. The van der Waals surface area contributed by atoms with Gasteiger partial charge in [0.05, 0.1) is 17.6 Å². The minimum absolute atomic E-state index is 0.0436. The third kappa shape index (κ3) is 7.85. The quantitative estimate of drug-likeness (QED) is 0.200. The predicted molar refractivity (Wildman–Crippen MR) is 153 cm³/mol. The summed E-state index contributed by atoms with van der Waals surface area (Å²) in [7, 11) is 0. The number of hydrogen-bond donors (Lipinski definition) is 1. The molecule has 3 aromatic carbocycles. The molecule has 6 nitrogen and oxygen atoms in total. The minimum Gasteiger partial charge on any atom is -0.494 e. The van der Waals surface area contributed by atoms with E-state index in [9.17, 15) is 4.79 Å². The molecule has 1 heterocycles. The van der Waals surface area contributed by atoms with Crippen LogP contribution in [0.15, 0.2) is 66.7 Å². The van der Waals surface area contributed by atoms with Gasteiger partial charge in [-0.2, -0.15) is 0 Å². The molecule has 0 aliphatic rings. The van der Waals surface area contributed by atoms with E-state index in [1.165, 1.54) is 11.1 Å². The number of unbranched alkanes of at least 4 members (excludes halogenated alkanes) is 2. The van der Waals surface area contributed by atoms with Gasteiger partial charge in [0.25, 0.3) is 5.91 Å². The molecule has 38 heavy (non-hydrogen) atoms. The second kappa shape index (κ2) is 13.7. The normalized spacial score (nSPS) is 11.0.